The molecule has 0 fully saturated rings. The standard InChI is InChI=1S/C12H9N3O8S.Na/c16-6-1-2-8(11(17)3-6)13-14-9-4-7(24(21,22)23)5-10(12(9)18)15(19)20;/h1-5,16-18H,(H,21,22,23);/q;+1/p-1. The van der Waals surface area contributed by atoms with E-state index in [2.05, 4.69) is 10.2 Å². The zero-order valence-corrected chi connectivity index (χ0v) is 15.3. The molecule has 0 aliphatic heterocycles. The van der Waals surface area contributed by atoms with Crippen molar-refractivity contribution in [1.29, 1.82) is 0 Å². The van der Waals surface area contributed by atoms with E-state index in [0.29, 0.717) is 12.1 Å². The predicted octanol–water partition coefficient (Wildman–Crippen LogP) is -0.965. The molecule has 0 aromatic heterocycles. The summed E-state index contributed by atoms with van der Waals surface area (Å²) in [5, 5.41) is 46.1. The molecule has 0 aliphatic carbocycles. The van der Waals surface area contributed by atoms with E-state index in [1.54, 1.807) is 0 Å². The fourth-order valence-corrected chi connectivity index (χ4v) is 2.15. The number of nitro benzene ring substituents is 1. The molecule has 25 heavy (non-hydrogen) atoms. The van der Waals surface area contributed by atoms with Crippen molar-refractivity contribution in [1.82, 2.24) is 0 Å². The van der Waals surface area contributed by atoms with Crippen LogP contribution in [0.5, 0.6) is 17.2 Å². The maximum Gasteiger partial charge on any atom is 1.00 e. The Morgan fingerprint density at radius 3 is 2.12 bits per heavy atom. The van der Waals surface area contributed by atoms with Crippen molar-refractivity contribution in [3.05, 3.63) is 40.4 Å². The summed E-state index contributed by atoms with van der Waals surface area (Å²) in [6, 6.07) is 4.25. The van der Waals surface area contributed by atoms with Crippen LogP contribution in [0.1, 0.15) is 0 Å². The average molecular weight is 377 g/mol. The molecule has 0 saturated carbocycles. The summed E-state index contributed by atoms with van der Waals surface area (Å²) in [5.41, 5.74) is -1.88. The van der Waals surface area contributed by atoms with Crippen LogP contribution in [0, 0.1) is 10.1 Å². The van der Waals surface area contributed by atoms with Crippen LogP contribution in [0.2, 0.25) is 0 Å². The molecule has 0 atom stereocenters. The van der Waals surface area contributed by atoms with Crippen molar-refractivity contribution in [2.24, 2.45) is 10.2 Å². The largest absolute Gasteiger partial charge is 1.00 e. The van der Waals surface area contributed by atoms with Crippen LogP contribution < -0.4 is 29.6 Å². The second kappa shape index (κ2) is 7.76. The van der Waals surface area contributed by atoms with Crippen molar-refractivity contribution in [2.45, 2.75) is 4.90 Å². The van der Waals surface area contributed by atoms with Crippen LogP contribution in [0.15, 0.2) is 45.5 Å². The molecule has 13 heteroatoms. The molecular weight excluding hydrogens is 369 g/mol. The first-order valence-electron chi connectivity index (χ1n) is 6.00. The Morgan fingerprint density at radius 1 is 1.00 bits per heavy atom. The Balaban J connectivity index is 0.00000312. The normalized spacial score (nSPS) is 11.2. The SMILES string of the molecule is O=[N+]([O-])c1cc(S(=O)(=O)[O-])cc(N=Nc2ccc(O)cc2O)c1O.[Na+]. The van der Waals surface area contributed by atoms with Gasteiger partial charge in [-0.3, -0.25) is 10.1 Å². The quantitative estimate of drug-likeness (QED) is 0.200. The van der Waals surface area contributed by atoms with Crippen molar-refractivity contribution in [3.63, 3.8) is 0 Å². The van der Waals surface area contributed by atoms with E-state index in [0.717, 1.165) is 18.2 Å². The summed E-state index contributed by atoms with van der Waals surface area (Å²) in [7, 11) is -5.04. The van der Waals surface area contributed by atoms with Crippen LogP contribution in [0.3, 0.4) is 0 Å². The number of nitrogens with zero attached hydrogens (tertiary/aromatic N) is 3. The van der Waals surface area contributed by atoms with Crippen LogP contribution in [-0.4, -0.2) is 33.2 Å². The molecule has 11 nitrogen and oxygen atoms in total. The number of hydrogen-bond donors (Lipinski definition) is 3. The molecule has 0 unspecified atom stereocenters. The summed E-state index contributed by atoms with van der Waals surface area (Å²) in [6.45, 7) is 0. The van der Waals surface area contributed by atoms with E-state index in [-0.39, 0.29) is 41.0 Å². The average Bonchev–Trinajstić information content (AvgIpc) is 2.46. The predicted molar refractivity (Wildman–Crippen MR) is 76.7 cm³/mol. The fraction of sp³-hybridized carbons (Fsp3) is 0. The summed E-state index contributed by atoms with van der Waals surface area (Å²) in [4.78, 5) is 8.76. The third-order valence-electron chi connectivity index (χ3n) is 2.75. The molecule has 0 bridgehead atoms. The number of phenolic OH excluding ortho intramolecular Hbond substituents is 3. The van der Waals surface area contributed by atoms with E-state index in [9.17, 15) is 33.3 Å². The summed E-state index contributed by atoms with van der Waals surface area (Å²) >= 11 is 0. The molecule has 2 aromatic rings. The first-order valence-corrected chi connectivity index (χ1v) is 7.41. The molecule has 0 radical (unpaired) electrons. The van der Waals surface area contributed by atoms with Gasteiger partial charge in [0.25, 0.3) is 0 Å². The van der Waals surface area contributed by atoms with Crippen molar-refractivity contribution in [3.8, 4) is 17.2 Å². The van der Waals surface area contributed by atoms with E-state index < -0.39 is 42.8 Å². The smallest absolute Gasteiger partial charge is 0.744 e. The monoisotopic (exact) mass is 377 g/mol. The maximum atomic E-state index is 11.0. The van der Waals surface area contributed by atoms with Gasteiger partial charge in [-0.25, -0.2) is 8.42 Å². The first-order chi connectivity index (χ1) is 11.1. The fourth-order valence-electron chi connectivity index (χ4n) is 1.64. The molecule has 2 rings (SSSR count). The molecule has 0 spiro atoms. The third kappa shape index (κ3) is 4.87. The van der Waals surface area contributed by atoms with E-state index >= 15 is 0 Å². The summed E-state index contributed by atoms with van der Waals surface area (Å²) in [5.74, 6) is -1.75. The second-order valence-electron chi connectivity index (χ2n) is 4.39. The minimum Gasteiger partial charge on any atom is -0.744 e. The van der Waals surface area contributed by atoms with Crippen LogP contribution in [-0.2, 0) is 10.1 Å². The van der Waals surface area contributed by atoms with Crippen molar-refractivity contribution < 1.29 is 62.8 Å². The molecule has 3 N–H and O–H groups in total. The summed E-state index contributed by atoms with van der Waals surface area (Å²) < 4.78 is 33.1. The van der Waals surface area contributed by atoms with Gasteiger partial charge in [0.15, 0.2) is 0 Å². The van der Waals surface area contributed by atoms with Crippen molar-refractivity contribution in [2.75, 3.05) is 0 Å². The van der Waals surface area contributed by atoms with Gasteiger partial charge in [-0.15, -0.1) is 10.2 Å². The van der Waals surface area contributed by atoms with Gasteiger partial charge >= 0.3 is 35.2 Å². The number of benzene rings is 2. The van der Waals surface area contributed by atoms with Gasteiger partial charge in [-0.1, -0.05) is 0 Å². The number of aromatic hydroxyl groups is 3. The first kappa shape index (κ1) is 20.8. The van der Waals surface area contributed by atoms with Crippen LogP contribution in [0.4, 0.5) is 17.1 Å². The molecule has 0 aliphatic rings. The molecule has 0 heterocycles. The third-order valence-corrected chi connectivity index (χ3v) is 3.57. The van der Waals surface area contributed by atoms with E-state index in [1.165, 1.54) is 0 Å². The van der Waals surface area contributed by atoms with Gasteiger partial charge in [0.05, 0.1) is 9.82 Å². The van der Waals surface area contributed by atoms with Crippen LogP contribution >= 0.6 is 0 Å². The number of azo groups is 1. The second-order valence-corrected chi connectivity index (χ2v) is 5.77. The zero-order chi connectivity index (χ0) is 18.1. The number of nitro groups is 1. The van der Waals surface area contributed by atoms with E-state index in [1.807, 2.05) is 0 Å². The topological polar surface area (TPSA) is 186 Å². The van der Waals surface area contributed by atoms with Gasteiger partial charge in [0.1, 0.15) is 33.0 Å². The Labute approximate surface area is 162 Å². The molecule has 0 saturated heterocycles. The minimum absolute atomic E-state index is 0. The minimum atomic E-state index is -5.04. The Hall–Kier alpha value is -2.25. The number of hydrogen-bond acceptors (Lipinski definition) is 10. The van der Waals surface area contributed by atoms with Gasteiger partial charge in [-0.2, -0.15) is 0 Å². The van der Waals surface area contributed by atoms with Gasteiger partial charge < -0.3 is 19.9 Å². The number of phenols is 3. The summed E-state index contributed by atoms with van der Waals surface area (Å²) in [6.07, 6.45) is 0. The van der Waals surface area contributed by atoms with E-state index in [4.69, 9.17) is 5.11 Å². The Kier molecular flexibility index (Phi) is 6.45. The van der Waals surface area contributed by atoms with Gasteiger partial charge in [-0.05, 0) is 18.2 Å². The Morgan fingerprint density at radius 2 is 1.60 bits per heavy atom. The molecular formula is C12H8N3NaO8S. The van der Waals surface area contributed by atoms with Gasteiger partial charge in [0.2, 0.25) is 5.75 Å². The molecule has 126 valence electrons. The molecule has 0 amide bonds. The van der Waals surface area contributed by atoms with Gasteiger partial charge in [0, 0.05) is 12.1 Å². The molecule has 2 aromatic carbocycles. The van der Waals surface area contributed by atoms with Crippen LogP contribution in [0.25, 0.3) is 0 Å². The van der Waals surface area contributed by atoms with Crippen molar-refractivity contribution >= 4 is 27.2 Å². The maximum absolute atomic E-state index is 11.0. The Bertz CT molecular complexity index is 961. The zero-order valence-electron chi connectivity index (χ0n) is 12.5. The number of rotatable bonds is 4.